The zero-order chi connectivity index (χ0) is 15.5. The SMILES string of the molecule is CCOC(=O)c1ncsc1Nc1ccccc1C(C)(C)C. The van der Waals surface area contributed by atoms with Crippen LogP contribution in [0.3, 0.4) is 0 Å². The second-order valence-corrected chi connectivity index (χ2v) is 6.53. The molecule has 0 amide bonds. The zero-order valence-corrected chi connectivity index (χ0v) is 13.6. The summed E-state index contributed by atoms with van der Waals surface area (Å²) in [5, 5.41) is 4.04. The van der Waals surface area contributed by atoms with E-state index in [1.54, 1.807) is 12.4 Å². The zero-order valence-electron chi connectivity index (χ0n) is 12.8. The highest BCUT2D eigenvalue weighted by atomic mass is 32.1. The van der Waals surface area contributed by atoms with Crippen LogP contribution in [0.25, 0.3) is 0 Å². The molecule has 0 bridgehead atoms. The molecule has 0 atom stereocenters. The van der Waals surface area contributed by atoms with E-state index >= 15 is 0 Å². The lowest BCUT2D eigenvalue weighted by molar-refractivity contribution is 0.0521. The van der Waals surface area contributed by atoms with Gasteiger partial charge in [0.15, 0.2) is 5.69 Å². The van der Waals surface area contributed by atoms with E-state index in [1.807, 2.05) is 18.2 Å². The van der Waals surface area contributed by atoms with E-state index in [0.717, 1.165) is 5.69 Å². The van der Waals surface area contributed by atoms with Crippen LogP contribution < -0.4 is 5.32 Å². The molecule has 112 valence electrons. The topological polar surface area (TPSA) is 51.2 Å². The number of carbonyl (C=O) groups is 1. The molecule has 0 radical (unpaired) electrons. The number of anilines is 2. The van der Waals surface area contributed by atoms with Crippen molar-refractivity contribution in [2.75, 3.05) is 11.9 Å². The van der Waals surface area contributed by atoms with Crippen molar-refractivity contribution in [2.45, 2.75) is 33.1 Å². The van der Waals surface area contributed by atoms with E-state index in [2.05, 4.69) is 37.1 Å². The van der Waals surface area contributed by atoms with Crippen LogP contribution in [0, 0.1) is 0 Å². The number of esters is 1. The summed E-state index contributed by atoms with van der Waals surface area (Å²) in [6, 6.07) is 8.09. The van der Waals surface area contributed by atoms with Crippen LogP contribution in [0.4, 0.5) is 10.7 Å². The monoisotopic (exact) mass is 304 g/mol. The summed E-state index contributed by atoms with van der Waals surface area (Å²) in [7, 11) is 0. The quantitative estimate of drug-likeness (QED) is 0.853. The number of nitrogens with one attached hydrogen (secondary N) is 1. The van der Waals surface area contributed by atoms with E-state index in [-0.39, 0.29) is 5.41 Å². The smallest absolute Gasteiger partial charge is 0.360 e. The van der Waals surface area contributed by atoms with E-state index in [0.29, 0.717) is 17.3 Å². The fraction of sp³-hybridized carbons (Fsp3) is 0.375. The van der Waals surface area contributed by atoms with Crippen molar-refractivity contribution in [3.05, 3.63) is 41.0 Å². The Kier molecular flexibility index (Phi) is 4.63. The predicted octanol–water partition coefficient (Wildman–Crippen LogP) is 4.36. The number of ether oxygens (including phenoxy) is 1. The molecule has 0 aliphatic carbocycles. The van der Waals surface area contributed by atoms with Gasteiger partial charge in [0.2, 0.25) is 0 Å². The van der Waals surface area contributed by atoms with E-state index in [4.69, 9.17) is 4.74 Å². The van der Waals surface area contributed by atoms with E-state index in [9.17, 15) is 4.79 Å². The molecule has 0 saturated carbocycles. The van der Waals surface area contributed by atoms with Gasteiger partial charge in [-0.15, -0.1) is 11.3 Å². The van der Waals surface area contributed by atoms with Gasteiger partial charge in [-0.2, -0.15) is 0 Å². The molecule has 0 aliphatic heterocycles. The molecule has 1 heterocycles. The lowest BCUT2D eigenvalue weighted by Gasteiger charge is -2.23. The summed E-state index contributed by atoms with van der Waals surface area (Å²) >= 11 is 1.39. The highest BCUT2D eigenvalue weighted by Crippen LogP contribution is 2.33. The molecule has 0 fully saturated rings. The Labute approximate surface area is 129 Å². The van der Waals surface area contributed by atoms with Gasteiger partial charge in [0.05, 0.1) is 12.1 Å². The highest BCUT2D eigenvalue weighted by molar-refractivity contribution is 7.14. The van der Waals surface area contributed by atoms with Crippen molar-refractivity contribution in [3.8, 4) is 0 Å². The Morgan fingerprint density at radius 3 is 2.71 bits per heavy atom. The third kappa shape index (κ3) is 3.61. The third-order valence-electron chi connectivity index (χ3n) is 3.02. The van der Waals surface area contributed by atoms with Gasteiger partial charge in [-0.1, -0.05) is 39.0 Å². The maximum Gasteiger partial charge on any atom is 0.360 e. The summed E-state index contributed by atoms with van der Waals surface area (Å²) in [6.45, 7) is 8.60. The Bertz CT molecular complexity index is 629. The van der Waals surface area contributed by atoms with Gasteiger partial charge in [0.1, 0.15) is 5.00 Å². The summed E-state index contributed by atoms with van der Waals surface area (Å²) in [6.07, 6.45) is 0. The number of benzene rings is 1. The molecule has 2 aromatic rings. The molecular weight excluding hydrogens is 284 g/mol. The minimum atomic E-state index is -0.394. The molecule has 5 heteroatoms. The molecule has 0 spiro atoms. The van der Waals surface area contributed by atoms with Crippen molar-refractivity contribution in [1.29, 1.82) is 0 Å². The van der Waals surface area contributed by atoms with Crippen molar-refractivity contribution in [3.63, 3.8) is 0 Å². The van der Waals surface area contributed by atoms with Gasteiger partial charge in [-0.05, 0) is 24.0 Å². The van der Waals surface area contributed by atoms with E-state index in [1.165, 1.54) is 16.9 Å². The normalized spacial score (nSPS) is 11.2. The van der Waals surface area contributed by atoms with Gasteiger partial charge in [-0.3, -0.25) is 0 Å². The second-order valence-electron chi connectivity index (χ2n) is 5.67. The molecule has 2 rings (SSSR count). The number of hydrogen-bond acceptors (Lipinski definition) is 5. The molecule has 4 nitrogen and oxygen atoms in total. The average molecular weight is 304 g/mol. The Morgan fingerprint density at radius 1 is 1.33 bits per heavy atom. The number of thiazole rings is 1. The first kappa shape index (κ1) is 15.5. The van der Waals surface area contributed by atoms with Gasteiger partial charge in [0.25, 0.3) is 0 Å². The number of carbonyl (C=O) groups excluding carboxylic acids is 1. The molecule has 0 saturated heterocycles. The van der Waals surface area contributed by atoms with Gasteiger partial charge < -0.3 is 10.1 Å². The van der Waals surface area contributed by atoms with Gasteiger partial charge in [0, 0.05) is 5.69 Å². The first-order chi connectivity index (χ1) is 9.93. The number of para-hydroxylation sites is 1. The Balaban J connectivity index is 2.32. The molecule has 1 aromatic carbocycles. The second kappa shape index (κ2) is 6.26. The molecule has 0 unspecified atom stereocenters. The van der Waals surface area contributed by atoms with Crippen LogP contribution in [0.5, 0.6) is 0 Å². The number of nitrogens with zero attached hydrogens (tertiary/aromatic N) is 1. The fourth-order valence-corrected chi connectivity index (χ4v) is 2.73. The van der Waals surface area contributed by atoms with Crippen LogP contribution in [0.2, 0.25) is 0 Å². The minimum Gasteiger partial charge on any atom is -0.461 e. The van der Waals surface area contributed by atoms with Crippen molar-refractivity contribution in [2.24, 2.45) is 0 Å². The fourth-order valence-electron chi connectivity index (χ4n) is 2.05. The summed E-state index contributed by atoms with van der Waals surface area (Å²) < 4.78 is 5.03. The van der Waals surface area contributed by atoms with Crippen LogP contribution in [-0.2, 0) is 10.2 Å². The summed E-state index contributed by atoms with van der Waals surface area (Å²) in [5.74, 6) is -0.394. The van der Waals surface area contributed by atoms with Crippen LogP contribution >= 0.6 is 11.3 Å². The molecule has 1 aromatic heterocycles. The maximum atomic E-state index is 11.9. The molecule has 21 heavy (non-hydrogen) atoms. The maximum absolute atomic E-state index is 11.9. The number of hydrogen-bond donors (Lipinski definition) is 1. The van der Waals surface area contributed by atoms with Gasteiger partial charge >= 0.3 is 5.97 Å². The highest BCUT2D eigenvalue weighted by Gasteiger charge is 2.20. The van der Waals surface area contributed by atoms with Crippen molar-refractivity contribution in [1.82, 2.24) is 4.98 Å². The van der Waals surface area contributed by atoms with E-state index < -0.39 is 5.97 Å². The molecular formula is C16H20N2O2S. The van der Waals surface area contributed by atoms with Crippen molar-refractivity contribution < 1.29 is 9.53 Å². The number of aromatic nitrogens is 1. The summed E-state index contributed by atoms with van der Waals surface area (Å²) in [5.41, 5.74) is 4.17. The number of rotatable bonds is 4. The minimum absolute atomic E-state index is 0.0123. The standard InChI is InChI=1S/C16H20N2O2S/c1-5-20-15(19)13-14(21-10-17-13)18-12-9-7-6-8-11(12)16(2,3)4/h6-10,18H,5H2,1-4H3. The molecule has 0 aliphatic rings. The lowest BCUT2D eigenvalue weighted by atomic mass is 9.86. The molecule has 1 N–H and O–H groups in total. The van der Waals surface area contributed by atoms with Crippen LogP contribution in [-0.4, -0.2) is 17.6 Å². The first-order valence-corrected chi connectivity index (χ1v) is 7.78. The van der Waals surface area contributed by atoms with Crippen molar-refractivity contribution >= 4 is 28.0 Å². The van der Waals surface area contributed by atoms with Crippen LogP contribution in [0.1, 0.15) is 43.7 Å². The Morgan fingerprint density at radius 2 is 2.05 bits per heavy atom. The largest absolute Gasteiger partial charge is 0.461 e. The third-order valence-corrected chi connectivity index (χ3v) is 3.76. The average Bonchev–Trinajstić information content (AvgIpc) is 2.86. The summed E-state index contributed by atoms with van der Waals surface area (Å²) in [4.78, 5) is 16.0. The first-order valence-electron chi connectivity index (χ1n) is 6.90. The van der Waals surface area contributed by atoms with Crippen LogP contribution in [0.15, 0.2) is 29.8 Å². The van der Waals surface area contributed by atoms with Gasteiger partial charge in [-0.25, -0.2) is 9.78 Å². The lowest BCUT2D eigenvalue weighted by Crippen LogP contribution is -2.14. The Hall–Kier alpha value is -1.88. The predicted molar refractivity (Wildman–Crippen MR) is 86.5 cm³/mol.